The smallest absolute Gasteiger partial charge is 0.263 e. The van der Waals surface area contributed by atoms with E-state index in [1.54, 1.807) is 12.1 Å². The third-order valence-electron chi connectivity index (χ3n) is 2.48. The van der Waals surface area contributed by atoms with Crippen LogP contribution in [0.15, 0.2) is 42.8 Å². The Balaban J connectivity index is 2.28. The fourth-order valence-corrected chi connectivity index (χ4v) is 6.53. The molecule has 2 aromatic rings. The number of nitrogens with one attached hydrogen (secondary N) is 2. The Bertz CT molecular complexity index is 714. The maximum absolute atomic E-state index is 12.3. The van der Waals surface area contributed by atoms with Crippen molar-refractivity contribution in [2.75, 3.05) is 11.8 Å². The number of rotatable bonds is 5. The molecule has 0 bridgehead atoms. The predicted molar refractivity (Wildman–Crippen MR) is 89.7 cm³/mol. The van der Waals surface area contributed by atoms with Gasteiger partial charge in [0.25, 0.3) is 10.0 Å². The van der Waals surface area contributed by atoms with Crippen LogP contribution in [0.3, 0.4) is 0 Å². The standard InChI is InChI=1S/C12H12Br2N2O2S2/c1-15-7-8-3-2-4-9(5-8)16-20(17,18)10-6-11(13)19-12(10)14/h2-6,15-16H,7H2,1H3. The van der Waals surface area contributed by atoms with Crippen molar-refractivity contribution in [1.82, 2.24) is 5.32 Å². The number of thiophene rings is 1. The lowest BCUT2D eigenvalue weighted by Gasteiger charge is -2.09. The first-order valence-corrected chi connectivity index (χ1v) is 9.52. The highest BCUT2D eigenvalue weighted by molar-refractivity contribution is 9.12. The number of halogens is 2. The minimum atomic E-state index is -3.59. The summed E-state index contributed by atoms with van der Waals surface area (Å²) in [5, 5.41) is 3.03. The number of benzene rings is 1. The average molecular weight is 440 g/mol. The molecule has 0 saturated carbocycles. The van der Waals surface area contributed by atoms with Gasteiger partial charge in [-0.3, -0.25) is 4.72 Å². The molecule has 0 saturated heterocycles. The van der Waals surface area contributed by atoms with E-state index in [1.807, 2.05) is 25.2 Å². The second kappa shape index (κ2) is 6.57. The van der Waals surface area contributed by atoms with E-state index >= 15 is 0 Å². The van der Waals surface area contributed by atoms with Crippen molar-refractivity contribution in [3.63, 3.8) is 0 Å². The van der Waals surface area contributed by atoms with Crippen LogP contribution in [0.25, 0.3) is 0 Å². The molecule has 0 amide bonds. The Morgan fingerprint density at radius 1 is 1.25 bits per heavy atom. The minimum absolute atomic E-state index is 0.230. The monoisotopic (exact) mass is 438 g/mol. The quantitative estimate of drug-likeness (QED) is 0.744. The zero-order valence-corrected chi connectivity index (χ0v) is 15.3. The van der Waals surface area contributed by atoms with E-state index in [0.717, 1.165) is 9.35 Å². The van der Waals surface area contributed by atoms with Gasteiger partial charge in [0.15, 0.2) is 0 Å². The summed E-state index contributed by atoms with van der Waals surface area (Å²) in [4.78, 5) is 0.230. The van der Waals surface area contributed by atoms with Crippen molar-refractivity contribution in [3.05, 3.63) is 43.5 Å². The molecule has 4 nitrogen and oxygen atoms in total. The number of anilines is 1. The molecule has 1 aromatic carbocycles. The summed E-state index contributed by atoms with van der Waals surface area (Å²) in [5.41, 5.74) is 1.56. The first-order chi connectivity index (χ1) is 9.42. The lowest BCUT2D eigenvalue weighted by atomic mass is 10.2. The first-order valence-electron chi connectivity index (χ1n) is 5.63. The minimum Gasteiger partial charge on any atom is -0.316 e. The van der Waals surface area contributed by atoms with E-state index in [9.17, 15) is 8.42 Å². The Hall–Kier alpha value is -0.410. The van der Waals surface area contributed by atoms with Gasteiger partial charge in [0.1, 0.15) is 4.90 Å². The van der Waals surface area contributed by atoms with Crippen LogP contribution in [0.1, 0.15) is 5.56 Å². The summed E-state index contributed by atoms with van der Waals surface area (Å²) in [6.07, 6.45) is 0. The van der Waals surface area contributed by atoms with Crippen molar-refractivity contribution < 1.29 is 8.42 Å². The summed E-state index contributed by atoms with van der Waals surface area (Å²) in [7, 11) is -1.75. The summed E-state index contributed by atoms with van der Waals surface area (Å²) in [6, 6.07) is 8.87. The van der Waals surface area contributed by atoms with E-state index in [2.05, 4.69) is 41.9 Å². The van der Waals surface area contributed by atoms with E-state index in [4.69, 9.17) is 0 Å². The van der Waals surface area contributed by atoms with Gasteiger partial charge in [-0.2, -0.15) is 0 Å². The fourth-order valence-electron chi connectivity index (χ4n) is 1.67. The van der Waals surface area contributed by atoms with Crippen LogP contribution in [-0.4, -0.2) is 15.5 Å². The van der Waals surface area contributed by atoms with Crippen molar-refractivity contribution in [1.29, 1.82) is 0 Å². The summed E-state index contributed by atoms with van der Waals surface area (Å²) in [6.45, 7) is 0.684. The van der Waals surface area contributed by atoms with Crippen molar-refractivity contribution >= 4 is 58.9 Å². The number of hydrogen-bond donors (Lipinski definition) is 2. The summed E-state index contributed by atoms with van der Waals surface area (Å²) in [5.74, 6) is 0. The number of hydrogen-bond acceptors (Lipinski definition) is 4. The molecule has 0 spiro atoms. The van der Waals surface area contributed by atoms with Crippen LogP contribution in [0.2, 0.25) is 0 Å². The molecule has 8 heteroatoms. The number of sulfonamides is 1. The Kier molecular flexibility index (Phi) is 5.25. The molecule has 0 fully saturated rings. The van der Waals surface area contributed by atoms with Gasteiger partial charge in [-0.15, -0.1) is 11.3 Å². The van der Waals surface area contributed by atoms with Gasteiger partial charge in [-0.25, -0.2) is 8.42 Å². The molecule has 2 rings (SSSR count). The summed E-state index contributed by atoms with van der Waals surface area (Å²) < 4.78 is 28.6. The van der Waals surface area contributed by atoms with Gasteiger partial charge in [0, 0.05) is 12.2 Å². The molecular formula is C12H12Br2N2O2S2. The molecular weight excluding hydrogens is 428 g/mol. The van der Waals surface area contributed by atoms with E-state index < -0.39 is 10.0 Å². The van der Waals surface area contributed by atoms with Crippen LogP contribution in [-0.2, 0) is 16.6 Å². The van der Waals surface area contributed by atoms with Crippen LogP contribution < -0.4 is 10.0 Å². The second-order valence-corrected chi connectivity index (χ2v) is 9.42. The molecule has 1 heterocycles. The maximum atomic E-state index is 12.3. The molecule has 2 N–H and O–H groups in total. The van der Waals surface area contributed by atoms with Crippen molar-refractivity contribution in [2.24, 2.45) is 0 Å². The average Bonchev–Trinajstić information content (AvgIpc) is 2.69. The second-order valence-electron chi connectivity index (χ2n) is 4.02. The normalized spacial score (nSPS) is 11.6. The van der Waals surface area contributed by atoms with E-state index in [1.165, 1.54) is 11.3 Å². The molecule has 0 unspecified atom stereocenters. The van der Waals surface area contributed by atoms with Crippen molar-refractivity contribution in [3.8, 4) is 0 Å². The van der Waals surface area contributed by atoms with Gasteiger partial charge >= 0.3 is 0 Å². The van der Waals surface area contributed by atoms with Gasteiger partial charge < -0.3 is 5.32 Å². The Morgan fingerprint density at radius 3 is 2.60 bits per heavy atom. The van der Waals surface area contributed by atoms with Gasteiger partial charge in [0.05, 0.1) is 7.57 Å². The van der Waals surface area contributed by atoms with Gasteiger partial charge in [-0.1, -0.05) is 12.1 Å². The highest BCUT2D eigenvalue weighted by Crippen LogP contribution is 2.35. The van der Waals surface area contributed by atoms with Gasteiger partial charge in [-0.05, 0) is 62.7 Å². The largest absolute Gasteiger partial charge is 0.316 e. The van der Waals surface area contributed by atoms with E-state index in [-0.39, 0.29) is 4.90 Å². The molecule has 0 radical (unpaired) electrons. The topological polar surface area (TPSA) is 58.2 Å². The lowest BCUT2D eigenvalue weighted by Crippen LogP contribution is -2.13. The van der Waals surface area contributed by atoms with Crippen molar-refractivity contribution in [2.45, 2.75) is 11.4 Å². The fraction of sp³-hybridized carbons (Fsp3) is 0.167. The lowest BCUT2D eigenvalue weighted by molar-refractivity contribution is 0.601. The molecule has 108 valence electrons. The van der Waals surface area contributed by atoms with Crippen LogP contribution in [0.5, 0.6) is 0 Å². The highest BCUT2D eigenvalue weighted by atomic mass is 79.9. The third-order valence-corrected chi connectivity index (χ3v) is 6.61. The third kappa shape index (κ3) is 3.82. The zero-order chi connectivity index (χ0) is 14.8. The van der Waals surface area contributed by atoms with Crippen LogP contribution >= 0.6 is 43.2 Å². The SMILES string of the molecule is CNCc1cccc(NS(=O)(=O)c2cc(Br)sc2Br)c1. The molecule has 1 aromatic heterocycles. The predicted octanol–water partition coefficient (Wildman–Crippen LogP) is 3.79. The zero-order valence-electron chi connectivity index (χ0n) is 10.5. The van der Waals surface area contributed by atoms with Gasteiger partial charge in [0.2, 0.25) is 0 Å². The molecule has 0 aliphatic heterocycles. The Labute approximate surface area is 138 Å². The first kappa shape index (κ1) is 16.0. The molecule has 0 aliphatic carbocycles. The molecule has 0 atom stereocenters. The molecule has 0 aliphatic rings. The Morgan fingerprint density at radius 2 is 2.00 bits per heavy atom. The van der Waals surface area contributed by atoms with E-state index in [0.29, 0.717) is 16.0 Å². The maximum Gasteiger partial charge on any atom is 0.263 e. The van der Waals surface area contributed by atoms with Crippen LogP contribution in [0.4, 0.5) is 5.69 Å². The highest BCUT2D eigenvalue weighted by Gasteiger charge is 2.20. The van der Waals surface area contributed by atoms with Crippen LogP contribution in [0, 0.1) is 0 Å². The summed E-state index contributed by atoms with van der Waals surface area (Å²) >= 11 is 7.87. The molecule has 20 heavy (non-hydrogen) atoms.